The van der Waals surface area contributed by atoms with Crippen molar-refractivity contribution in [2.45, 2.75) is 31.2 Å². The zero-order valence-electron chi connectivity index (χ0n) is 8.78. The van der Waals surface area contributed by atoms with Gasteiger partial charge in [-0.1, -0.05) is 24.4 Å². The summed E-state index contributed by atoms with van der Waals surface area (Å²) in [4.78, 5) is 10.3. The molecule has 0 amide bonds. The van der Waals surface area contributed by atoms with Crippen molar-refractivity contribution < 1.29 is 4.92 Å². The molecule has 1 fully saturated rings. The van der Waals surface area contributed by atoms with Gasteiger partial charge in [0.25, 0.3) is 5.69 Å². The number of halogens is 1. The summed E-state index contributed by atoms with van der Waals surface area (Å²) in [6.45, 7) is 0. The Morgan fingerprint density at radius 1 is 1.38 bits per heavy atom. The van der Waals surface area contributed by atoms with E-state index in [1.807, 2.05) is 0 Å². The van der Waals surface area contributed by atoms with Gasteiger partial charge in [0, 0.05) is 22.7 Å². The van der Waals surface area contributed by atoms with E-state index in [0.717, 1.165) is 25.7 Å². The van der Waals surface area contributed by atoms with E-state index in [2.05, 4.69) is 0 Å². The Kier molecular flexibility index (Phi) is 2.86. The summed E-state index contributed by atoms with van der Waals surface area (Å²) in [5, 5.41) is 11.2. The SMILES string of the molecule is NC1(c2cc([N+](=O)[O-])ccc2Cl)CCCC1. The van der Waals surface area contributed by atoms with Crippen molar-refractivity contribution >= 4 is 17.3 Å². The molecule has 1 saturated carbocycles. The average Bonchev–Trinajstić information content (AvgIpc) is 2.66. The molecule has 0 aliphatic heterocycles. The number of rotatable bonds is 2. The van der Waals surface area contributed by atoms with Crippen LogP contribution in [0.4, 0.5) is 5.69 Å². The fraction of sp³-hybridized carbons (Fsp3) is 0.455. The van der Waals surface area contributed by atoms with Crippen molar-refractivity contribution in [3.63, 3.8) is 0 Å². The maximum Gasteiger partial charge on any atom is 0.269 e. The average molecular weight is 241 g/mol. The Morgan fingerprint density at radius 3 is 2.56 bits per heavy atom. The van der Waals surface area contributed by atoms with Gasteiger partial charge in [-0.05, 0) is 24.5 Å². The van der Waals surface area contributed by atoms with Crippen LogP contribution in [0.3, 0.4) is 0 Å². The van der Waals surface area contributed by atoms with Gasteiger partial charge in [0.2, 0.25) is 0 Å². The molecule has 2 N–H and O–H groups in total. The first-order valence-electron chi connectivity index (χ1n) is 5.26. The molecule has 0 atom stereocenters. The minimum atomic E-state index is -0.483. The largest absolute Gasteiger partial charge is 0.321 e. The van der Waals surface area contributed by atoms with Gasteiger partial charge < -0.3 is 5.73 Å². The zero-order valence-corrected chi connectivity index (χ0v) is 9.54. The quantitative estimate of drug-likeness (QED) is 0.638. The van der Waals surface area contributed by atoms with Gasteiger partial charge in [-0.25, -0.2) is 0 Å². The van der Waals surface area contributed by atoms with Crippen LogP contribution in [-0.4, -0.2) is 4.92 Å². The van der Waals surface area contributed by atoms with Crippen LogP contribution in [0.1, 0.15) is 31.2 Å². The summed E-state index contributed by atoms with van der Waals surface area (Å²) in [6.07, 6.45) is 3.78. The number of benzene rings is 1. The third-order valence-electron chi connectivity index (χ3n) is 3.19. The van der Waals surface area contributed by atoms with Crippen LogP contribution >= 0.6 is 11.6 Å². The first-order valence-corrected chi connectivity index (χ1v) is 5.64. The van der Waals surface area contributed by atoms with Gasteiger partial charge in [-0.3, -0.25) is 10.1 Å². The summed E-state index contributed by atoms with van der Waals surface area (Å²) < 4.78 is 0. The lowest BCUT2D eigenvalue weighted by Crippen LogP contribution is -2.33. The molecule has 1 aliphatic carbocycles. The van der Waals surface area contributed by atoms with Crippen LogP contribution in [-0.2, 0) is 5.54 Å². The van der Waals surface area contributed by atoms with Crippen LogP contribution < -0.4 is 5.73 Å². The number of nitro groups is 1. The van der Waals surface area contributed by atoms with Crippen LogP contribution in [0.5, 0.6) is 0 Å². The Hall–Kier alpha value is -1.13. The van der Waals surface area contributed by atoms with Gasteiger partial charge in [-0.2, -0.15) is 0 Å². The highest BCUT2D eigenvalue weighted by atomic mass is 35.5. The molecule has 1 aromatic carbocycles. The molecule has 0 unspecified atom stereocenters. The van der Waals surface area contributed by atoms with E-state index >= 15 is 0 Å². The molecule has 0 spiro atoms. The standard InChI is InChI=1S/C11H13ClN2O2/c12-10-4-3-8(14(15)16)7-9(10)11(13)5-1-2-6-11/h3-4,7H,1-2,5-6,13H2. The van der Waals surface area contributed by atoms with Crippen molar-refractivity contribution in [3.05, 3.63) is 38.9 Å². The van der Waals surface area contributed by atoms with Gasteiger partial charge in [0.15, 0.2) is 0 Å². The normalized spacial score (nSPS) is 18.6. The molecule has 0 heterocycles. The molecule has 5 heteroatoms. The van der Waals surface area contributed by atoms with E-state index in [-0.39, 0.29) is 5.69 Å². The first-order chi connectivity index (χ1) is 7.53. The molecule has 0 radical (unpaired) electrons. The number of nitrogens with two attached hydrogens (primary N) is 1. The number of nitro benzene ring substituents is 1. The minimum Gasteiger partial charge on any atom is -0.321 e. The summed E-state index contributed by atoms with van der Waals surface area (Å²) >= 11 is 6.07. The first kappa shape index (κ1) is 11.4. The summed E-state index contributed by atoms with van der Waals surface area (Å²) in [5.74, 6) is 0. The highest BCUT2D eigenvalue weighted by Gasteiger charge is 2.34. The van der Waals surface area contributed by atoms with Crippen molar-refractivity contribution in [1.82, 2.24) is 0 Å². The summed E-state index contributed by atoms with van der Waals surface area (Å²) in [5.41, 5.74) is 6.52. The van der Waals surface area contributed by atoms with Crippen molar-refractivity contribution in [2.24, 2.45) is 5.73 Å². The minimum absolute atomic E-state index is 0.0520. The maximum absolute atomic E-state index is 10.7. The molecule has 1 aliphatic rings. The van der Waals surface area contributed by atoms with Crippen LogP contribution in [0.15, 0.2) is 18.2 Å². The lowest BCUT2D eigenvalue weighted by molar-refractivity contribution is -0.385. The molecule has 16 heavy (non-hydrogen) atoms. The summed E-state index contributed by atoms with van der Waals surface area (Å²) in [7, 11) is 0. The van der Waals surface area contributed by atoms with E-state index in [1.54, 1.807) is 6.07 Å². The Labute approximate surface area is 98.5 Å². The second-order valence-electron chi connectivity index (χ2n) is 4.28. The fourth-order valence-electron chi connectivity index (χ4n) is 2.28. The van der Waals surface area contributed by atoms with Gasteiger partial charge in [0.05, 0.1) is 4.92 Å². The molecule has 2 rings (SSSR count). The van der Waals surface area contributed by atoms with Crippen LogP contribution in [0, 0.1) is 10.1 Å². The lowest BCUT2D eigenvalue weighted by atomic mass is 9.89. The monoisotopic (exact) mass is 240 g/mol. The molecule has 1 aromatic rings. The topological polar surface area (TPSA) is 69.2 Å². The number of hydrogen-bond donors (Lipinski definition) is 1. The molecule has 0 bridgehead atoms. The van der Waals surface area contributed by atoms with Gasteiger partial charge >= 0.3 is 0 Å². The molecular formula is C11H13ClN2O2. The van der Waals surface area contributed by atoms with E-state index in [1.165, 1.54) is 12.1 Å². The number of nitrogens with zero attached hydrogens (tertiary/aromatic N) is 1. The second-order valence-corrected chi connectivity index (χ2v) is 4.69. The Balaban J connectivity index is 2.46. The third-order valence-corrected chi connectivity index (χ3v) is 3.52. The molecular weight excluding hydrogens is 228 g/mol. The molecule has 0 saturated heterocycles. The lowest BCUT2D eigenvalue weighted by Gasteiger charge is -2.24. The van der Waals surface area contributed by atoms with Crippen molar-refractivity contribution in [2.75, 3.05) is 0 Å². The predicted octanol–water partition coefficient (Wildman–Crippen LogP) is 2.98. The van der Waals surface area contributed by atoms with Gasteiger partial charge in [-0.15, -0.1) is 0 Å². The van der Waals surface area contributed by atoms with E-state index in [4.69, 9.17) is 17.3 Å². The maximum atomic E-state index is 10.7. The zero-order chi connectivity index (χ0) is 11.8. The van der Waals surface area contributed by atoms with E-state index in [0.29, 0.717) is 10.6 Å². The number of non-ortho nitro benzene ring substituents is 1. The predicted molar refractivity (Wildman–Crippen MR) is 62.4 cm³/mol. The second kappa shape index (κ2) is 4.03. The van der Waals surface area contributed by atoms with Crippen molar-refractivity contribution in [3.8, 4) is 0 Å². The molecule has 86 valence electrons. The van der Waals surface area contributed by atoms with E-state index in [9.17, 15) is 10.1 Å². The smallest absolute Gasteiger partial charge is 0.269 e. The van der Waals surface area contributed by atoms with Crippen LogP contribution in [0.2, 0.25) is 5.02 Å². The third kappa shape index (κ3) is 1.90. The molecule has 0 aromatic heterocycles. The molecule has 4 nitrogen and oxygen atoms in total. The summed E-state index contributed by atoms with van der Waals surface area (Å²) in [6, 6.07) is 4.47. The number of hydrogen-bond acceptors (Lipinski definition) is 3. The van der Waals surface area contributed by atoms with Crippen molar-refractivity contribution in [1.29, 1.82) is 0 Å². The highest BCUT2D eigenvalue weighted by molar-refractivity contribution is 6.31. The highest BCUT2D eigenvalue weighted by Crippen LogP contribution is 2.40. The fourth-order valence-corrected chi connectivity index (χ4v) is 2.59. The van der Waals surface area contributed by atoms with Gasteiger partial charge in [0.1, 0.15) is 0 Å². The Morgan fingerprint density at radius 2 is 2.00 bits per heavy atom. The van der Waals surface area contributed by atoms with Crippen LogP contribution in [0.25, 0.3) is 0 Å². The van der Waals surface area contributed by atoms with E-state index < -0.39 is 10.5 Å². The Bertz CT molecular complexity index is 428.